The molecule has 1 amide bonds. The van der Waals surface area contributed by atoms with Crippen molar-refractivity contribution in [2.45, 2.75) is 52.4 Å². The largest absolute Gasteiger partial charge is 0.486 e. The van der Waals surface area contributed by atoms with Crippen LogP contribution in [-0.4, -0.2) is 31.4 Å². The van der Waals surface area contributed by atoms with Crippen molar-refractivity contribution in [1.29, 1.82) is 0 Å². The van der Waals surface area contributed by atoms with E-state index in [9.17, 15) is 4.79 Å². The Bertz CT molecular complexity index is 966. The number of aryl methyl sites for hydroxylation is 2. The normalized spacial score (nSPS) is 11.1. The van der Waals surface area contributed by atoms with Crippen LogP contribution in [0.3, 0.4) is 0 Å². The highest BCUT2D eigenvalue weighted by Gasteiger charge is 2.16. The van der Waals surface area contributed by atoms with Crippen LogP contribution in [0.25, 0.3) is 0 Å². The average Bonchev–Trinajstić information content (AvgIpc) is 3.30. The number of carbonyl (C=O) groups is 1. The lowest BCUT2D eigenvalue weighted by Crippen LogP contribution is -2.16. The molecule has 0 saturated heterocycles. The van der Waals surface area contributed by atoms with Gasteiger partial charge in [-0.15, -0.1) is 21.5 Å². The van der Waals surface area contributed by atoms with Crippen molar-refractivity contribution in [3.05, 3.63) is 46.7 Å². The molecule has 7 nitrogen and oxygen atoms in total. The molecular weight excluding hydrogens is 418 g/mol. The van der Waals surface area contributed by atoms with Gasteiger partial charge in [-0.05, 0) is 37.0 Å². The van der Waals surface area contributed by atoms with Gasteiger partial charge in [0, 0.05) is 11.9 Å². The number of aromatic nitrogens is 4. The van der Waals surface area contributed by atoms with E-state index in [2.05, 4.69) is 53.4 Å². The molecule has 1 N–H and O–H groups in total. The summed E-state index contributed by atoms with van der Waals surface area (Å²) in [6.45, 7) is 9.39. The van der Waals surface area contributed by atoms with Crippen molar-refractivity contribution in [2.24, 2.45) is 5.92 Å². The Morgan fingerprint density at radius 2 is 2.03 bits per heavy atom. The first-order chi connectivity index (χ1) is 14.4. The fraction of sp³-hybridized carbons (Fsp3) is 0.429. The van der Waals surface area contributed by atoms with E-state index in [1.807, 2.05) is 29.0 Å². The second kappa shape index (κ2) is 10.6. The number of carbonyl (C=O) groups excluding carboxylic acids is 1. The van der Waals surface area contributed by atoms with Crippen LogP contribution < -0.4 is 10.1 Å². The molecule has 0 aliphatic heterocycles. The van der Waals surface area contributed by atoms with Crippen LogP contribution in [0.4, 0.5) is 5.13 Å². The van der Waals surface area contributed by atoms with Crippen LogP contribution in [0.5, 0.6) is 5.75 Å². The number of amides is 1. The maximum atomic E-state index is 12.3. The van der Waals surface area contributed by atoms with Crippen molar-refractivity contribution < 1.29 is 9.53 Å². The number of anilines is 1. The van der Waals surface area contributed by atoms with E-state index in [0.29, 0.717) is 22.8 Å². The van der Waals surface area contributed by atoms with Crippen molar-refractivity contribution in [3.63, 3.8) is 0 Å². The molecule has 0 aliphatic carbocycles. The molecule has 30 heavy (non-hydrogen) atoms. The summed E-state index contributed by atoms with van der Waals surface area (Å²) in [5, 5.41) is 14.7. The number of nitrogens with one attached hydrogen (secondary N) is 1. The van der Waals surface area contributed by atoms with Gasteiger partial charge in [-0.25, -0.2) is 4.98 Å². The molecule has 0 saturated carbocycles. The van der Waals surface area contributed by atoms with Gasteiger partial charge in [0.05, 0.1) is 11.4 Å². The predicted octanol–water partition coefficient (Wildman–Crippen LogP) is 4.57. The van der Waals surface area contributed by atoms with E-state index in [4.69, 9.17) is 4.74 Å². The monoisotopic (exact) mass is 445 g/mol. The number of ether oxygens (including phenoxy) is 1. The molecule has 0 unspecified atom stereocenters. The Balaban J connectivity index is 1.62. The molecule has 2 heterocycles. The molecule has 9 heteroatoms. The predicted molar refractivity (Wildman–Crippen MR) is 121 cm³/mol. The third-order valence-electron chi connectivity index (χ3n) is 4.24. The van der Waals surface area contributed by atoms with Crippen LogP contribution in [0, 0.1) is 12.8 Å². The number of rotatable bonds is 10. The first-order valence-electron chi connectivity index (χ1n) is 9.93. The lowest BCUT2D eigenvalue weighted by molar-refractivity contribution is -0.113. The van der Waals surface area contributed by atoms with Gasteiger partial charge in [-0.3, -0.25) is 4.79 Å². The van der Waals surface area contributed by atoms with E-state index >= 15 is 0 Å². The summed E-state index contributed by atoms with van der Waals surface area (Å²) in [6, 6.07) is 8.08. The molecule has 3 aromatic rings. The number of nitrogens with zero attached hydrogens (tertiary/aromatic N) is 4. The molecule has 2 aromatic heterocycles. The lowest BCUT2D eigenvalue weighted by atomic mass is 10.2. The Morgan fingerprint density at radius 1 is 1.27 bits per heavy atom. The molecule has 0 bridgehead atoms. The maximum absolute atomic E-state index is 12.3. The summed E-state index contributed by atoms with van der Waals surface area (Å²) in [7, 11) is 0. The van der Waals surface area contributed by atoms with Gasteiger partial charge in [-0.1, -0.05) is 44.7 Å². The second-order valence-corrected chi connectivity index (χ2v) is 9.12. The Hall–Kier alpha value is -2.39. The quantitative estimate of drug-likeness (QED) is 0.460. The first-order valence-corrected chi connectivity index (χ1v) is 11.8. The average molecular weight is 446 g/mol. The summed E-state index contributed by atoms with van der Waals surface area (Å²) in [6.07, 6.45) is 0.999. The fourth-order valence-electron chi connectivity index (χ4n) is 2.75. The van der Waals surface area contributed by atoms with Crippen molar-refractivity contribution in [2.75, 3.05) is 11.1 Å². The van der Waals surface area contributed by atoms with Gasteiger partial charge in [0.1, 0.15) is 12.4 Å². The van der Waals surface area contributed by atoms with E-state index in [1.54, 1.807) is 0 Å². The Labute approximate surface area is 185 Å². The van der Waals surface area contributed by atoms with Gasteiger partial charge in [-0.2, -0.15) is 0 Å². The van der Waals surface area contributed by atoms with E-state index < -0.39 is 0 Å². The highest BCUT2D eigenvalue weighted by atomic mass is 32.2. The topological polar surface area (TPSA) is 81.9 Å². The molecule has 3 rings (SSSR count). The second-order valence-electron chi connectivity index (χ2n) is 7.32. The number of hydrogen-bond donors (Lipinski definition) is 1. The summed E-state index contributed by atoms with van der Waals surface area (Å²) in [4.78, 5) is 16.5. The van der Waals surface area contributed by atoms with E-state index in [-0.39, 0.29) is 11.7 Å². The minimum absolute atomic E-state index is 0.109. The van der Waals surface area contributed by atoms with Crippen LogP contribution >= 0.6 is 23.1 Å². The molecule has 0 fully saturated rings. The van der Waals surface area contributed by atoms with Crippen molar-refractivity contribution in [3.8, 4) is 5.75 Å². The summed E-state index contributed by atoms with van der Waals surface area (Å²) in [5.74, 6) is 2.10. The third-order valence-corrected chi connectivity index (χ3v) is 6.08. The van der Waals surface area contributed by atoms with Gasteiger partial charge in [0.15, 0.2) is 16.1 Å². The molecule has 0 spiro atoms. The molecule has 160 valence electrons. The van der Waals surface area contributed by atoms with E-state index in [0.717, 1.165) is 30.2 Å². The zero-order valence-corrected chi connectivity index (χ0v) is 19.3. The zero-order valence-electron chi connectivity index (χ0n) is 17.7. The van der Waals surface area contributed by atoms with Crippen LogP contribution in [0.2, 0.25) is 0 Å². The molecular formula is C21H27N5O2S2. The minimum atomic E-state index is -0.109. The minimum Gasteiger partial charge on any atom is -0.486 e. The van der Waals surface area contributed by atoms with Crippen molar-refractivity contribution >= 4 is 34.1 Å². The molecule has 1 aromatic carbocycles. The number of thioether (sulfide) groups is 1. The van der Waals surface area contributed by atoms with Gasteiger partial charge < -0.3 is 14.6 Å². The van der Waals surface area contributed by atoms with Gasteiger partial charge in [0.25, 0.3) is 0 Å². The number of hydrogen-bond acceptors (Lipinski definition) is 7. The number of benzene rings is 1. The molecule has 0 atom stereocenters. The molecule has 0 aliphatic rings. The van der Waals surface area contributed by atoms with Crippen molar-refractivity contribution in [1.82, 2.24) is 19.7 Å². The fourth-order valence-corrected chi connectivity index (χ4v) is 4.22. The van der Waals surface area contributed by atoms with Crippen LogP contribution in [-0.2, 0) is 24.4 Å². The summed E-state index contributed by atoms with van der Waals surface area (Å²) < 4.78 is 7.95. The first kappa shape index (κ1) is 22.3. The van der Waals surface area contributed by atoms with Gasteiger partial charge >= 0.3 is 0 Å². The zero-order chi connectivity index (χ0) is 21.5. The number of thiazole rings is 1. The third kappa shape index (κ3) is 6.30. The summed E-state index contributed by atoms with van der Waals surface area (Å²) in [5.41, 5.74) is 2.17. The highest BCUT2D eigenvalue weighted by Crippen LogP contribution is 2.21. The van der Waals surface area contributed by atoms with Crippen LogP contribution in [0.1, 0.15) is 37.9 Å². The lowest BCUT2D eigenvalue weighted by Gasteiger charge is -2.13. The highest BCUT2D eigenvalue weighted by molar-refractivity contribution is 7.99. The SMILES string of the molecule is CCc1ccc(OCc2nnc(SCC(=O)Nc3nc(C)cs3)n2CC(C)C)cc1. The Morgan fingerprint density at radius 3 is 2.67 bits per heavy atom. The van der Waals surface area contributed by atoms with Crippen LogP contribution in [0.15, 0.2) is 34.8 Å². The molecule has 0 radical (unpaired) electrons. The standard InChI is InChI=1S/C21H27N5O2S2/c1-5-16-6-8-17(9-7-16)28-11-18-24-25-21(26(18)10-14(2)3)30-13-19(27)23-20-22-15(4)12-29-20/h6-9,12,14H,5,10-11,13H2,1-4H3,(H,22,23,27). The van der Waals surface area contributed by atoms with Gasteiger partial charge in [0.2, 0.25) is 5.91 Å². The smallest absolute Gasteiger partial charge is 0.236 e. The van der Waals surface area contributed by atoms with E-state index in [1.165, 1.54) is 28.7 Å². The summed E-state index contributed by atoms with van der Waals surface area (Å²) >= 11 is 2.79. The Kier molecular flexibility index (Phi) is 7.87. The maximum Gasteiger partial charge on any atom is 0.236 e.